The molecule has 0 radical (unpaired) electrons. The van der Waals surface area contributed by atoms with Crippen LogP contribution >= 0.6 is 0 Å². The van der Waals surface area contributed by atoms with E-state index in [1.165, 1.54) is 0 Å². The molecule has 3 amide bonds. The Morgan fingerprint density at radius 1 is 1.17 bits per heavy atom. The molecular formula is C18H27N3O2. The minimum absolute atomic E-state index is 0.0587. The van der Waals surface area contributed by atoms with Crippen molar-refractivity contribution < 1.29 is 9.59 Å². The maximum atomic E-state index is 12.4. The third-order valence-electron chi connectivity index (χ3n) is 4.47. The van der Waals surface area contributed by atoms with Crippen molar-refractivity contribution in [2.75, 3.05) is 18.4 Å². The van der Waals surface area contributed by atoms with Gasteiger partial charge in [0.05, 0.1) is 5.92 Å². The number of likely N-dealkylation sites (tertiary alicyclic amines) is 1. The first kappa shape index (κ1) is 17.3. The lowest BCUT2D eigenvalue weighted by atomic mass is 9.96. The molecule has 2 rings (SSSR count). The molecule has 1 fully saturated rings. The Balaban J connectivity index is 1.90. The number of hydrogen-bond donors (Lipinski definition) is 2. The van der Waals surface area contributed by atoms with E-state index in [0.29, 0.717) is 19.0 Å². The minimum Gasteiger partial charge on any atom is -0.353 e. The largest absolute Gasteiger partial charge is 0.353 e. The predicted octanol–water partition coefficient (Wildman–Crippen LogP) is 3.09. The summed E-state index contributed by atoms with van der Waals surface area (Å²) in [5, 5.41) is 5.95. The molecule has 126 valence electrons. The molecule has 0 aliphatic carbocycles. The molecule has 0 saturated carbocycles. The molecule has 2 atom stereocenters. The molecule has 23 heavy (non-hydrogen) atoms. The molecule has 1 aliphatic rings. The standard InChI is InChI=1S/C18H27N3O2/c1-13(2)14(3)19-17(22)15-8-7-11-21(12-15)18(23)20-16-9-5-4-6-10-16/h4-6,9-10,13-15H,7-8,11-12H2,1-3H3,(H,19,22)(H,20,23). The summed E-state index contributed by atoms with van der Waals surface area (Å²) in [5.74, 6) is 0.343. The van der Waals surface area contributed by atoms with Crippen LogP contribution in [0.4, 0.5) is 10.5 Å². The van der Waals surface area contributed by atoms with Crippen LogP contribution in [0.1, 0.15) is 33.6 Å². The van der Waals surface area contributed by atoms with Crippen molar-refractivity contribution in [1.82, 2.24) is 10.2 Å². The van der Waals surface area contributed by atoms with E-state index in [-0.39, 0.29) is 23.9 Å². The van der Waals surface area contributed by atoms with E-state index >= 15 is 0 Å². The lowest BCUT2D eigenvalue weighted by Gasteiger charge is -2.33. The number of piperidine rings is 1. The normalized spacial score (nSPS) is 19.3. The summed E-state index contributed by atoms with van der Waals surface area (Å²) in [5.41, 5.74) is 0.775. The van der Waals surface area contributed by atoms with Gasteiger partial charge in [-0.15, -0.1) is 0 Å². The van der Waals surface area contributed by atoms with Crippen molar-refractivity contribution in [2.24, 2.45) is 11.8 Å². The Bertz CT molecular complexity index is 530. The molecule has 5 nitrogen and oxygen atoms in total. The van der Waals surface area contributed by atoms with Gasteiger partial charge in [-0.25, -0.2) is 4.79 Å². The fourth-order valence-corrected chi connectivity index (χ4v) is 2.61. The van der Waals surface area contributed by atoms with E-state index in [4.69, 9.17) is 0 Å². The maximum Gasteiger partial charge on any atom is 0.321 e. The molecule has 1 aromatic carbocycles. The molecule has 1 saturated heterocycles. The summed E-state index contributed by atoms with van der Waals surface area (Å²) >= 11 is 0. The number of benzene rings is 1. The van der Waals surface area contributed by atoms with Crippen molar-refractivity contribution in [2.45, 2.75) is 39.7 Å². The molecule has 1 aliphatic heterocycles. The van der Waals surface area contributed by atoms with Gasteiger partial charge in [-0.2, -0.15) is 0 Å². The zero-order valence-electron chi connectivity index (χ0n) is 14.2. The highest BCUT2D eigenvalue weighted by molar-refractivity contribution is 5.90. The number of rotatable bonds is 4. The highest BCUT2D eigenvalue weighted by Crippen LogP contribution is 2.18. The third-order valence-corrected chi connectivity index (χ3v) is 4.47. The van der Waals surface area contributed by atoms with Gasteiger partial charge in [-0.05, 0) is 37.8 Å². The van der Waals surface area contributed by atoms with Crippen LogP contribution in [0.15, 0.2) is 30.3 Å². The van der Waals surface area contributed by atoms with Crippen LogP contribution in [-0.4, -0.2) is 36.0 Å². The maximum absolute atomic E-state index is 12.4. The van der Waals surface area contributed by atoms with Gasteiger partial charge in [-0.1, -0.05) is 32.0 Å². The zero-order valence-corrected chi connectivity index (χ0v) is 14.2. The second kappa shape index (κ2) is 7.99. The van der Waals surface area contributed by atoms with Crippen LogP contribution in [0, 0.1) is 11.8 Å². The van der Waals surface area contributed by atoms with E-state index in [1.54, 1.807) is 4.90 Å². The molecule has 5 heteroatoms. The number of nitrogens with zero attached hydrogens (tertiary/aromatic N) is 1. The summed E-state index contributed by atoms with van der Waals surface area (Å²) < 4.78 is 0. The zero-order chi connectivity index (χ0) is 16.8. The third kappa shape index (κ3) is 4.98. The molecule has 1 heterocycles. The number of amides is 3. The van der Waals surface area contributed by atoms with Crippen LogP contribution in [0.3, 0.4) is 0 Å². The summed E-state index contributed by atoms with van der Waals surface area (Å²) in [6.07, 6.45) is 1.70. The van der Waals surface area contributed by atoms with Crippen LogP contribution in [0.25, 0.3) is 0 Å². The average molecular weight is 317 g/mol. The highest BCUT2D eigenvalue weighted by Gasteiger charge is 2.29. The number of carbonyl (C=O) groups excluding carboxylic acids is 2. The topological polar surface area (TPSA) is 61.4 Å². The number of anilines is 1. The van der Waals surface area contributed by atoms with Gasteiger partial charge in [0.25, 0.3) is 0 Å². The number of hydrogen-bond acceptors (Lipinski definition) is 2. The van der Waals surface area contributed by atoms with Crippen molar-refractivity contribution in [1.29, 1.82) is 0 Å². The number of urea groups is 1. The Labute approximate surface area is 138 Å². The summed E-state index contributed by atoms with van der Waals surface area (Å²) in [7, 11) is 0. The smallest absolute Gasteiger partial charge is 0.321 e. The van der Waals surface area contributed by atoms with Crippen LogP contribution in [0.2, 0.25) is 0 Å². The van der Waals surface area contributed by atoms with Crippen LogP contribution in [0.5, 0.6) is 0 Å². The molecule has 1 aromatic rings. The summed E-state index contributed by atoms with van der Waals surface area (Å²) in [6.45, 7) is 7.37. The molecule has 0 aromatic heterocycles. The minimum atomic E-state index is -0.134. The van der Waals surface area contributed by atoms with Gasteiger partial charge in [0.2, 0.25) is 5.91 Å². The first-order valence-corrected chi connectivity index (χ1v) is 8.38. The van der Waals surface area contributed by atoms with Gasteiger partial charge in [0, 0.05) is 24.8 Å². The van der Waals surface area contributed by atoms with Gasteiger partial charge in [-0.3, -0.25) is 4.79 Å². The predicted molar refractivity (Wildman–Crippen MR) is 92.2 cm³/mol. The molecule has 0 spiro atoms. The number of carbonyl (C=O) groups is 2. The van der Waals surface area contributed by atoms with E-state index in [0.717, 1.165) is 18.5 Å². The summed E-state index contributed by atoms with van der Waals surface area (Å²) in [4.78, 5) is 26.5. The Morgan fingerprint density at radius 2 is 1.87 bits per heavy atom. The van der Waals surface area contributed by atoms with Crippen molar-refractivity contribution in [3.05, 3.63) is 30.3 Å². The van der Waals surface area contributed by atoms with Crippen LogP contribution < -0.4 is 10.6 Å². The lowest BCUT2D eigenvalue weighted by molar-refractivity contribution is -0.127. The molecule has 2 N–H and O–H groups in total. The van der Waals surface area contributed by atoms with Gasteiger partial charge >= 0.3 is 6.03 Å². The van der Waals surface area contributed by atoms with E-state index in [1.807, 2.05) is 37.3 Å². The van der Waals surface area contributed by atoms with Crippen LogP contribution in [-0.2, 0) is 4.79 Å². The fraction of sp³-hybridized carbons (Fsp3) is 0.556. The second-order valence-corrected chi connectivity index (χ2v) is 6.62. The second-order valence-electron chi connectivity index (χ2n) is 6.62. The summed E-state index contributed by atoms with van der Waals surface area (Å²) in [6, 6.07) is 9.41. The molecule has 0 bridgehead atoms. The van der Waals surface area contributed by atoms with Gasteiger partial charge < -0.3 is 15.5 Å². The SMILES string of the molecule is CC(C)C(C)NC(=O)C1CCCN(C(=O)Nc2ccccc2)C1. The molecular weight excluding hydrogens is 290 g/mol. The van der Waals surface area contributed by atoms with Crippen molar-refractivity contribution in [3.8, 4) is 0 Å². The highest BCUT2D eigenvalue weighted by atomic mass is 16.2. The fourth-order valence-electron chi connectivity index (χ4n) is 2.61. The Kier molecular flexibility index (Phi) is 6.02. The van der Waals surface area contributed by atoms with E-state index in [9.17, 15) is 9.59 Å². The average Bonchev–Trinajstić information content (AvgIpc) is 2.55. The first-order chi connectivity index (χ1) is 11.0. The van der Waals surface area contributed by atoms with E-state index in [2.05, 4.69) is 24.5 Å². The van der Waals surface area contributed by atoms with Crippen molar-refractivity contribution in [3.63, 3.8) is 0 Å². The Morgan fingerprint density at radius 3 is 2.52 bits per heavy atom. The number of nitrogens with one attached hydrogen (secondary N) is 2. The van der Waals surface area contributed by atoms with Gasteiger partial charge in [0.1, 0.15) is 0 Å². The monoisotopic (exact) mass is 317 g/mol. The quantitative estimate of drug-likeness (QED) is 0.896. The Hall–Kier alpha value is -2.04. The van der Waals surface area contributed by atoms with Gasteiger partial charge in [0.15, 0.2) is 0 Å². The molecule has 2 unspecified atom stereocenters. The van der Waals surface area contributed by atoms with Crippen molar-refractivity contribution >= 4 is 17.6 Å². The lowest BCUT2D eigenvalue weighted by Crippen LogP contribution is -2.48. The number of para-hydroxylation sites is 1. The first-order valence-electron chi connectivity index (χ1n) is 8.38. The van der Waals surface area contributed by atoms with E-state index < -0.39 is 0 Å².